The van der Waals surface area contributed by atoms with Crippen LogP contribution >= 0.6 is 11.6 Å². The first-order chi connectivity index (χ1) is 17.7. The molecule has 2 aromatic rings. The van der Waals surface area contributed by atoms with Crippen molar-refractivity contribution in [2.24, 2.45) is 0 Å². The summed E-state index contributed by atoms with van der Waals surface area (Å²) in [5.74, 6) is -0.524. The fourth-order valence-electron chi connectivity index (χ4n) is 4.22. The van der Waals surface area contributed by atoms with Gasteiger partial charge in [-0.2, -0.15) is 4.31 Å². The Balaban J connectivity index is 1.92. The molecule has 0 saturated carbocycles. The molecular weight excluding hydrogens is 555 g/mol. The number of piperidine rings is 1. The van der Waals surface area contributed by atoms with Crippen molar-refractivity contribution in [3.05, 3.63) is 71.6 Å². The van der Waals surface area contributed by atoms with Crippen molar-refractivity contribution in [1.82, 2.24) is 9.62 Å². The molecule has 38 heavy (non-hydrogen) atoms. The zero-order valence-corrected chi connectivity index (χ0v) is 23.6. The van der Waals surface area contributed by atoms with Crippen molar-refractivity contribution >= 4 is 37.4 Å². The third-order valence-corrected chi connectivity index (χ3v) is 9.18. The van der Waals surface area contributed by atoms with Gasteiger partial charge in [0.2, 0.25) is 10.0 Å². The summed E-state index contributed by atoms with van der Waals surface area (Å²) in [5.41, 5.74) is -1.59. The van der Waals surface area contributed by atoms with Crippen LogP contribution in [-0.2, 0) is 24.7 Å². The Morgan fingerprint density at radius 3 is 2.53 bits per heavy atom. The average molecular weight is 585 g/mol. The van der Waals surface area contributed by atoms with Crippen molar-refractivity contribution < 1.29 is 30.8 Å². The van der Waals surface area contributed by atoms with Gasteiger partial charge in [0.05, 0.1) is 12.0 Å². The van der Waals surface area contributed by atoms with E-state index in [0.29, 0.717) is 21.9 Å². The van der Waals surface area contributed by atoms with E-state index in [1.165, 1.54) is 38.3 Å². The lowest BCUT2D eigenvalue weighted by molar-refractivity contribution is -0.136. The Morgan fingerprint density at radius 1 is 1.24 bits per heavy atom. The highest BCUT2D eigenvalue weighted by Crippen LogP contribution is 2.40. The fraction of sp³-hybridized carbons (Fsp3) is 0.346. The molecule has 0 radical (unpaired) electrons. The number of sulfonamides is 1. The Labute approximate surface area is 228 Å². The maximum Gasteiger partial charge on any atom is 0.258 e. The Kier molecular flexibility index (Phi) is 9.08. The monoisotopic (exact) mass is 584 g/mol. The van der Waals surface area contributed by atoms with Crippen LogP contribution in [0.15, 0.2) is 71.5 Å². The van der Waals surface area contributed by atoms with Crippen molar-refractivity contribution in [1.29, 1.82) is 0 Å². The average Bonchev–Trinajstić information content (AvgIpc) is 2.86. The lowest BCUT2D eigenvalue weighted by Crippen LogP contribution is -2.56. The van der Waals surface area contributed by atoms with Gasteiger partial charge in [0.1, 0.15) is 5.75 Å². The number of halogens is 2. The highest BCUT2D eigenvalue weighted by atomic mass is 35.5. The van der Waals surface area contributed by atoms with E-state index in [0.717, 1.165) is 16.0 Å². The third kappa shape index (κ3) is 6.63. The minimum absolute atomic E-state index is 0.0476. The molecule has 1 saturated heterocycles. The predicted octanol–water partition coefficient (Wildman–Crippen LogP) is 4.13. The molecule has 0 spiro atoms. The van der Waals surface area contributed by atoms with Crippen LogP contribution in [0.1, 0.15) is 19.8 Å². The SMILES string of the molecule is C=C[C@@H]1C[C@](F)(C(=O)N[C@H](C)/C=C\S(C)(=O)=O)CCN1S(=O)(=O)c1ccc(OC)cc1-c1ccccc1Cl. The van der Waals surface area contributed by atoms with Gasteiger partial charge in [0.25, 0.3) is 5.91 Å². The van der Waals surface area contributed by atoms with Crippen LogP contribution in [0.2, 0.25) is 5.02 Å². The summed E-state index contributed by atoms with van der Waals surface area (Å²) in [6.07, 6.45) is 2.68. The summed E-state index contributed by atoms with van der Waals surface area (Å²) in [5, 5.41) is 3.71. The lowest BCUT2D eigenvalue weighted by atomic mass is 9.88. The van der Waals surface area contributed by atoms with Gasteiger partial charge in [-0.3, -0.25) is 4.79 Å². The summed E-state index contributed by atoms with van der Waals surface area (Å²) in [7, 11) is -6.15. The lowest BCUT2D eigenvalue weighted by Gasteiger charge is -2.40. The van der Waals surface area contributed by atoms with Crippen LogP contribution in [-0.4, -0.2) is 64.7 Å². The Morgan fingerprint density at radius 2 is 1.92 bits per heavy atom. The first kappa shape index (κ1) is 29.8. The largest absolute Gasteiger partial charge is 0.497 e. The molecule has 206 valence electrons. The summed E-state index contributed by atoms with van der Waals surface area (Å²) in [4.78, 5) is 12.7. The molecule has 1 N–H and O–H groups in total. The van der Waals surface area contributed by atoms with E-state index >= 15 is 4.39 Å². The van der Waals surface area contributed by atoms with Crippen LogP contribution < -0.4 is 10.1 Å². The molecule has 3 atom stereocenters. The summed E-state index contributed by atoms with van der Waals surface area (Å²) in [6.45, 7) is 4.90. The zero-order valence-electron chi connectivity index (χ0n) is 21.2. The van der Waals surface area contributed by atoms with Gasteiger partial charge >= 0.3 is 0 Å². The normalized spacial score (nSPS) is 21.7. The first-order valence-corrected chi connectivity index (χ1v) is 15.4. The van der Waals surface area contributed by atoms with Gasteiger partial charge < -0.3 is 10.1 Å². The van der Waals surface area contributed by atoms with Crippen LogP contribution in [0.4, 0.5) is 4.39 Å². The van der Waals surface area contributed by atoms with Crippen LogP contribution in [0, 0.1) is 0 Å². The molecule has 1 aliphatic rings. The topological polar surface area (TPSA) is 110 Å². The molecule has 1 heterocycles. The van der Waals surface area contributed by atoms with Crippen molar-refractivity contribution in [3.63, 3.8) is 0 Å². The predicted molar refractivity (Wildman–Crippen MR) is 146 cm³/mol. The maximum atomic E-state index is 15.8. The van der Waals surface area contributed by atoms with Gasteiger partial charge in [-0.25, -0.2) is 21.2 Å². The minimum atomic E-state index is -4.20. The zero-order chi connectivity index (χ0) is 28.3. The molecular formula is C26H30ClFN2O6S2. The molecule has 0 bridgehead atoms. The highest BCUT2D eigenvalue weighted by Gasteiger charge is 2.48. The molecule has 2 aromatic carbocycles. The number of nitrogens with zero attached hydrogens (tertiary/aromatic N) is 1. The smallest absolute Gasteiger partial charge is 0.258 e. The molecule has 3 rings (SSSR count). The number of rotatable bonds is 9. The maximum absolute atomic E-state index is 15.8. The molecule has 1 aliphatic heterocycles. The van der Waals surface area contributed by atoms with E-state index in [4.69, 9.17) is 16.3 Å². The number of hydrogen-bond acceptors (Lipinski definition) is 6. The van der Waals surface area contributed by atoms with E-state index < -0.39 is 56.4 Å². The van der Waals surface area contributed by atoms with Gasteiger partial charge in [-0.1, -0.05) is 42.0 Å². The van der Waals surface area contributed by atoms with E-state index in [2.05, 4.69) is 11.9 Å². The number of hydrogen-bond donors (Lipinski definition) is 1. The quantitative estimate of drug-likeness (QED) is 0.444. The highest BCUT2D eigenvalue weighted by molar-refractivity contribution is 7.93. The number of carbonyl (C=O) groups excluding carboxylic acids is 1. The number of methoxy groups -OCH3 is 1. The second-order valence-corrected chi connectivity index (χ2v) is 13.3. The number of alkyl halides is 1. The number of nitrogens with one attached hydrogen (secondary N) is 1. The molecule has 0 aromatic heterocycles. The van der Waals surface area contributed by atoms with Crippen LogP contribution in [0.25, 0.3) is 11.1 Å². The number of amides is 1. The standard InChI is InChI=1S/C26H30ClFN2O6S2/c1-5-19-17-26(28,25(31)29-18(2)12-15-37(4,32)33)13-14-30(19)38(34,35)24-11-10-20(36-3)16-22(24)21-8-6-7-9-23(21)27/h5-12,15-16,18-19H,1,13-14,17H2,2-4H3,(H,29,31)/b15-12-/t18-,19-,26+/m1/s1. The second kappa shape index (κ2) is 11.6. The summed E-state index contributed by atoms with van der Waals surface area (Å²) in [6, 6.07) is 9.49. The van der Waals surface area contributed by atoms with Gasteiger partial charge in [-0.05, 0) is 31.2 Å². The molecule has 0 aliphatic carbocycles. The molecule has 8 nitrogen and oxygen atoms in total. The molecule has 12 heteroatoms. The summed E-state index contributed by atoms with van der Waals surface area (Å²) < 4.78 is 72.7. The van der Waals surface area contributed by atoms with E-state index in [1.807, 2.05) is 0 Å². The number of carbonyl (C=O) groups is 1. The fourth-order valence-corrected chi connectivity index (χ4v) is 6.76. The van der Waals surface area contributed by atoms with Gasteiger partial charge in [0, 0.05) is 59.3 Å². The molecule has 1 fully saturated rings. The second-order valence-electron chi connectivity index (χ2n) is 9.10. The van der Waals surface area contributed by atoms with Crippen molar-refractivity contribution in [2.75, 3.05) is 19.9 Å². The van der Waals surface area contributed by atoms with Crippen LogP contribution in [0.5, 0.6) is 5.75 Å². The minimum Gasteiger partial charge on any atom is -0.497 e. The van der Waals surface area contributed by atoms with Crippen LogP contribution in [0.3, 0.4) is 0 Å². The summed E-state index contributed by atoms with van der Waals surface area (Å²) >= 11 is 6.38. The molecule has 1 amide bonds. The van der Waals surface area contributed by atoms with Gasteiger partial charge in [0.15, 0.2) is 15.5 Å². The van der Waals surface area contributed by atoms with E-state index in [9.17, 15) is 21.6 Å². The number of sulfone groups is 1. The van der Waals surface area contributed by atoms with Crippen molar-refractivity contribution in [3.8, 4) is 16.9 Å². The Bertz CT molecular complexity index is 1460. The van der Waals surface area contributed by atoms with E-state index in [1.54, 1.807) is 30.3 Å². The third-order valence-electron chi connectivity index (χ3n) is 6.22. The number of benzene rings is 2. The first-order valence-electron chi connectivity index (χ1n) is 11.7. The van der Waals surface area contributed by atoms with Gasteiger partial charge in [-0.15, -0.1) is 6.58 Å². The molecule has 0 unspecified atom stereocenters. The van der Waals surface area contributed by atoms with E-state index in [-0.39, 0.29) is 11.4 Å². The van der Waals surface area contributed by atoms with Crippen molar-refractivity contribution in [2.45, 2.75) is 42.4 Å². The number of ether oxygens (including phenoxy) is 1. The Hall–Kier alpha value is -2.73.